The van der Waals surface area contributed by atoms with Crippen molar-refractivity contribution in [1.82, 2.24) is 0 Å². The first-order chi connectivity index (χ1) is 43.5. The van der Waals surface area contributed by atoms with E-state index in [9.17, 15) is 34.2 Å². The Balaban J connectivity index is 0.000000220. The van der Waals surface area contributed by atoms with Gasteiger partial charge in [-0.15, -0.1) is 0 Å². The maximum absolute atomic E-state index is 12.0. The first-order valence-corrected chi connectivity index (χ1v) is 33.0. The number of aliphatic hydroxyl groups is 4. The van der Waals surface area contributed by atoms with Gasteiger partial charge >= 0.3 is 27.6 Å². The molecule has 4 aromatic rings. The zero-order valence-corrected chi connectivity index (χ0v) is 58.4. The van der Waals surface area contributed by atoms with Crippen LogP contribution in [-0.4, -0.2) is 158 Å². The maximum Gasteiger partial charge on any atom is 0.394 e. The molecule has 0 aliphatic carbocycles. The highest BCUT2D eigenvalue weighted by Gasteiger charge is 2.54. The summed E-state index contributed by atoms with van der Waals surface area (Å²) in [4.78, 5) is 57.8. The van der Waals surface area contributed by atoms with Crippen LogP contribution < -0.4 is 31.4 Å². The summed E-state index contributed by atoms with van der Waals surface area (Å²) in [5, 5.41) is 43.4. The molecule has 0 bridgehead atoms. The van der Waals surface area contributed by atoms with Gasteiger partial charge in [0.05, 0.1) is 35.6 Å². The van der Waals surface area contributed by atoms with Crippen molar-refractivity contribution in [2.75, 3.05) is 17.2 Å². The van der Waals surface area contributed by atoms with Crippen LogP contribution in [0.2, 0.25) is 0 Å². The predicted octanol–water partition coefficient (Wildman–Crippen LogP) is 8.79. The number of carbonyl (C=O) groups excluding carboxylic acids is 3. The Morgan fingerprint density at radius 2 is 0.979 bits per heavy atom. The first-order valence-electron chi connectivity index (χ1n) is 31.6. The first kappa shape index (κ1) is 80.9. The second kappa shape index (κ2) is 31.6. The molecule has 8 N–H and O–H groups in total. The van der Waals surface area contributed by atoms with Gasteiger partial charge in [-0.1, -0.05) is 42.0 Å². The number of hydrogen-bond donors (Lipinski definition) is 8. The highest BCUT2D eigenvalue weighted by Crippen LogP contribution is 2.42. The fourth-order valence-corrected chi connectivity index (χ4v) is 11.9. The number of hydrogen-bond acceptors (Lipinski definition) is 24. The van der Waals surface area contributed by atoms with Crippen LogP contribution in [0.5, 0.6) is 11.5 Å². The molecule has 9 heterocycles. The SMILES string of the molecule is C.CC(=O)Nc1cc2ccc(OC3OC(C)(C)C[C@H](C)[C@@H]3C)cc2oc1=O.CC(=O)Nc1cc2ccc(OC3OC[C@H](C)[C@H](C)[C@@H]3C)cc2oc1=O.CC1(C)C[C@@H](O)[C@@H](O)C(O)O1.CC1(C)C[C@H]2OC(C)(C)OC2C(=O)O1.CC1(C)C[C@H]2OC(C)(C)OC2C(O)O1.O=S(=O)(O)O. The molecule has 2 aromatic heterocycles. The van der Waals surface area contributed by atoms with Crippen LogP contribution in [0.1, 0.15) is 165 Å². The van der Waals surface area contributed by atoms with Crippen molar-refractivity contribution in [3.63, 3.8) is 0 Å². The molecule has 7 aliphatic rings. The summed E-state index contributed by atoms with van der Waals surface area (Å²) in [6.07, 6.45) is -3.29. The maximum atomic E-state index is 12.0. The van der Waals surface area contributed by atoms with Crippen LogP contribution in [0.25, 0.3) is 21.9 Å². The molecule has 2 aromatic carbocycles. The van der Waals surface area contributed by atoms with Gasteiger partial charge in [0.2, 0.25) is 24.4 Å². The molecule has 15 atom stereocenters. The van der Waals surface area contributed by atoms with E-state index in [-0.39, 0.29) is 90.5 Å². The summed E-state index contributed by atoms with van der Waals surface area (Å²) < 4.78 is 104. The monoisotopic (exact) mass is 1380 g/mol. The van der Waals surface area contributed by atoms with Crippen molar-refractivity contribution < 1.29 is 113 Å². The number of cyclic esters (lactones) is 1. The molecule has 96 heavy (non-hydrogen) atoms. The summed E-state index contributed by atoms with van der Waals surface area (Å²) in [6.45, 7) is 36.8. The zero-order chi connectivity index (χ0) is 71.5. The third-order valence-electron chi connectivity index (χ3n) is 16.7. The summed E-state index contributed by atoms with van der Waals surface area (Å²) in [5.41, 5.74) is -1.72. The van der Waals surface area contributed by atoms with Gasteiger partial charge in [-0.3, -0.25) is 18.7 Å². The van der Waals surface area contributed by atoms with Gasteiger partial charge in [-0.25, -0.2) is 14.4 Å². The van der Waals surface area contributed by atoms with Gasteiger partial charge in [0.15, 0.2) is 30.3 Å². The largest absolute Gasteiger partial charge is 0.465 e. The lowest BCUT2D eigenvalue weighted by Gasteiger charge is -2.43. The Morgan fingerprint density at radius 1 is 0.531 bits per heavy atom. The van der Waals surface area contributed by atoms with Crippen LogP contribution >= 0.6 is 0 Å². The number of esters is 1. The lowest BCUT2D eigenvalue weighted by molar-refractivity contribution is -0.273. The molecule has 28 nitrogen and oxygen atoms in total. The van der Waals surface area contributed by atoms with E-state index < -0.39 is 75.3 Å². The average molecular weight is 1380 g/mol. The van der Waals surface area contributed by atoms with Crippen LogP contribution in [0.4, 0.5) is 11.4 Å². The third-order valence-corrected chi connectivity index (χ3v) is 16.7. The van der Waals surface area contributed by atoms with Crippen LogP contribution in [0, 0.1) is 29.6 Å². The van der Waals surface area contributed by atoms with Gasteiger partial charge < -0.3 is 92.0 Å². The second-order valence-electron chi connectivity index (χ2n) is 28.6. The molecule has 542 valence electrons. The van der Waals surface area contributed by atoms with Gasteiger partial charge in [0.25, 0.3) is 0 Å². The van der Waals surface area contributed by atoms with E-state index >= 15 is 0 Å². The van der Waals surface area contributed by atoms with E-state index in [1.165, 1.54) is 13.8 Å². The number of fused-ring (bicyclic) bond motifs is 4. The summed E-state index contributed by atoms with van der Waals surface area (Å²) in [6, 6.07) is 13.7. The minimum atomic E-state index is -4.67. The van der Waals surface area contributed by atoms with Crippen molar-refractivity contribution >= 4 is 61.5 Å². The second-order valence-corrected chi connectivity index (χ2v) is 29.5. The molecule has 7 aliphatic heterocycles. The van der Waals surface area contributed by atoms with E-state index in [2.05, 4.69) is 59.1 Å². The van der Waals surface area contributed by atoms with E-state index in [1.807, 2.05) is 61.5 Å². The molecule has 2 amide bonds. The number of aliphatic hydroxyl groups excluding tert-OH is 4. The molecule has 29 heteroatoms. The Labute approximate surface area is 560 Å². The van der Waals surface area contributed by atoms with E-state index in [4.69, 9.17) is 88.7 Å². The number of benzene rings is 2. The van der Waals surface area contributed by atoms with Gasteiger partial charge in [-0.05, 0) is 144 Å². The average Bonchev–Trinajstić information content (AvgIpc) is 1.57. The fraction of sp³-hybridized carbons (Fsp3) is 0.687. The quantitative estimate of drug-likeness (QED) is 0.0507. The summed E-state index contributed by atoms with van der Waals surface area (Å²) >= 11 is 0. The number of anilines is 2. The molecule has 0 spiro atoms. The van der Waals surface area contributed by atoms with E-state index in [0.717, 1.165) is 12.8 Å². The minimum Gasteiger partial charge on any atom is -0.465 e. The predicted molar refractivity (Wildman–Crippen MR) is 351 cm³/mol. The third kappa shape index (κ3) is 23.5. The highest BCUT2D eigenvalue weighted by atomic mass is 32.3. The van der Waals surface area contributed by atoms with Crippen LogP contribution in [0.15, 0.2) is 67.0 Å². The zero-order valence-electron chi connectivity index (χ0n) is 57.6. The van der Waals surface area contributed by atoms with Gasteiger partial charge in [0.1, 0.15) is 58.0 Å². The van der Waals surface area contributed by atoms with Gasteiger partial charge in [0, 0.05) is 67.9 Å². The number of carbonyl (C=O) groups is 3. The summed E-state index contributed by atoms with van der Waals surface area (Å²) in [5.74, 6) is 0.899. The highest BCUT2D eigenvalue weighted by molar-refractivity contribution is 7.79. The fourth-order valence-electron chi connectivity index (χ4n) is 11.9. The molecule has 7 saturated heterocycles. The molecular formula is C67H102N2O26S. The van der Waals surface area contributed by atoms with Crippen molar-refractivity contribution in [1.29, 1.82) is 0 Å². The smallest absolute Gasteiger partial charge is 0.394 e. The minimum absolute atomic E-state index is 0. The standard InChI is InChI=1S/C20H25NO5.C19H23NO5.C10H18O4.C10H16O4.C7H14O4.CH4.H2O4S/c1-11-10-20(4,5)26-19(12(11)2)24-15-7-6-14-8-16(21-13(3)22)18(23)25-17(14)9-15;1-10-9-23-19(12(3)11(10)2)24-15-6-5-14-7-16(20-13(4)21)18(22)25-17(14)8-15;2*1-9(2)5-6-7(8(11)14-9)13-10(3,4)12-6;1-7(2)3-4(8)5(9)6(10)11-7;;1-5(2,3)4/h6-9,11-12,19H,10H2,1-5H3,(H,21,22);5-8,10-12,19H,9H2,1-4H3,(H,20,21);6-8,11H,5H2,1-4H3;6-7H,5H2,1-4H3;4-6,8-10H,3H2,1-2H3;1H4;(H2,1,2,3,4)/t11-,12-,19?;10-,11-,12-,19?;6-,7?,8?;6-,7?;4-,5-,6?;;/m00111../s1. The van der Waals surface area contributed by atoms with Crippen LogP contribution in [-0.2, 0) is 67.4 Å². The van der Waals surface area contributed by atoms with Crippen molar-refractivity contribution in [2.45, 2.75) is 260 Å². The molecule has 6 unspecified atom stereocenters. The molecular weight excluding hydrogens is 1280 g/mol. The lowest BCUT2D eigenvalue weighted by atomic mass is 9.82. The van der Waals surface area contributed by atoms with E-state index in [1.54, 1.807) is 56.3 Å². The molecule has 7 fully saturated rings. The summed E-state index contributed by atoms with van der Waals surface area (Å²) in [7, 11) is -4.67. The van der Waals surface area contributed by atoms with E-state index in [0.29, 0.717) is 70.6 Å². The molecule has 0 radical (unpaired) electrons. The topological polar surface area (TPSA) is 393 Å². The Kier molecular flexibility index (Phi) is 26.7. The molecule has 11 rings (SSSR count). The van der Waals surface area contributed by atoms with Crippen molar-refractivity contribution in [3.8, 4) is 11.5 Å². The number of nitrogens with one attached hydrogen (secondary N) is 2. The van der Waals surface area contributed by atoms with Crippen molar-refractivity contribution in [2.24, 2.45) is 29.6 Å². The van der Waals surface area contributed by atoms with Gasteiger partial charge in [-0.2, -0.15) is 8.42 Å². The Bertz CT molecular complexity index is 3520. The normalized spacial score (nSPS) is 31.5. The number of amides is 2. The van der Waals surface area contributed by atoms with Crippen molar-refractivity contribution in [3.05, 3.63) is 69.4 Å². The molecule has 0 saturated carbocycles. The Hall–Kier alpha value is -5.74. The van der Waals surface area contributed by atoms with Crippen LogP contribution in [0.3, 0.4) is 0 Å². The number of ether oxygens (including phenoxy) is 11. The Morgan fingerprint density at radius 3 is 1.48 bits per heavy atom. The number of rotatable bonds is 6. The lowest BCUT2D eigenvalue weighted by Crippen LogP contribution is -2.52.